The van der Waals surface area contributed by atoms with Crippen molar-refractivity contribution in [3.05, 3.63) is 35.4 Å². The van der Waals surface area contributed by atoms with Crippen LogP contribution in [0, 0.1) is 6.92 Å². The number of benzene rings is 1. The smallest absolute Gasteiger partial charge is 0.0652 e. The molecule has 2 unspecified atom stereocenters. The van der Waals surface area contributed by atoms with E-state index < -0.39 is 0 Å². The Morgan fingerprint density at radius 2 is 2.00 bits per heavy atom. The quantitative estimate of drug-likeness (QED) is 0.684. The van der Waals surface area contributed by atoms with Crippen LogP contribution in [0.15, 0.2) is 24.3 Å². The van der Waals surface area contributed by atoms with Gasteiger partial charge in [-0.1, -0.05) is 43.2 Å². The highest BCUT2D eigenvalue weighted by Gasteiger charge is 2.36. The first-order chi connectivity index (χ1) is 7.81. The van der Waals surface area contributed by atoms with Crippen LogP contribution in [0.25, 0.3) is 0 Å². The fourth-order valence-electron chi connectivity index (χ4n) is 2.48. The Morgan fingerprint density at radius 1 is 1.25 bits per heavy atom. The second-order valence-electron chi connectivity index (χ2n) is 4.84. The summed E-state index contributed by atoms with van der Waals surface area (Å²) in [5, 5.41) is 0.882. The normalized spacial score (nSPS) is 24.9. The lowest BCUT2D eigenvalue weighted by Gasteiger charge is -2.12. The Labute approximate surface area is 103 Å². The van der Waals surface area contributed by atoms with Crippen molar-refractivity contribution >= 4 is 10.9 Å². The first kappa shape index (κ1) is 12.0. The topological polar surface area (TPSA) is 0 Å². The van der Waals surface area contributed by atoms with Crippen LogP contribution in [0.1, 0.15) is 49.0 Å². The van der Waals surface area contributed by atoms with Gasteiger partial charge in [0.15, 0.2) is 0 Å². The SMILES string of the molecule is CCCC[S+]1CCCC1c1ccc(C)cc1. The number of hydrogen-bond acceptors (Lipinski definition) is 0. The van der Waals surface area contributed by atoms with E-state index in [1.165, 1.54) is 42.8 Å². The van der Waals surface area contributed by atoms with Crippen LogP contribution in [0.4, 0.5) is 0 Å². The molecule has 1 aliphatic rings. The molecule has 1 heteroatoms. The van der Waals surface area contributed by atoms with E-state index in [0.29, 0.717) is 10.9 Å². The van der Waals surface area contributed by atoms with E-state index in [2.05, 4.69) is 38.1 Å². The Balaban J connectivity index is 2.04. The van der Waals surface area contributed by atoms with Crippen molar-refractivity contribution in [3.8, 4) is 0 Å². The van der Waals surface area contributed by atoms with E-state index in [1.807, 2.05) is 0 Å². The van der Waals surface area contributed by atoms with E-state index in [-0.39, 0.29) is 0 Å². The fourth-order valence-corrected chi connectivity index (χ4v) is 5.49. The largest absolute Gasteiger partial charge is 0.143 e. The Morgan fingerprint density at radius 3 is 2.69 bits per heavy atom. The lowest BCUT2D eigenvalue weighted by Crippen LogP contribution is -2.13. The van der Waals surface area contributed by atoms with Gasteiger partial charge >= 0.3 is 0 Å². The Hall–Kier alpha value is -0.430. The standard InChI is InChI=1S/C15H23S/c1-3-4-11-16-12-5-6-15(16)14-9-7-13(2)8-10-14/h7-10,15H,3-6,11-12H2,1-2H3/q+1. The summed E-state index contributed by atoms with van der Waals surface area (Å²) >= 11 is 0. The summed E-state index contributed by atoms with van der Waals surface area (Å²) in [7, 11) is 0.677. The molecule has 2 rings (SSSR count). The molecular weight excluding hydrogens is 212 g/mol. The Kier molecular flexibility index (Phi) is 4.34. The van der Waals surface area contributed by atoms with Gasteiger partial charge in [-0.2, -0.15) is 0 Å². The fraction of sp³-hybridized carbons (Fsp3) is 0.600. The minimum atomic E-state index is 0.677. The van der Waals surface area contributed by atoms with Gasteiger partial charge in [0.05, 0.1) is 0 Å². The van der Waals surface area contributed by atoms with Crippen LogP contribution < -0.4 is 0 Å². The summed E-state index contributed by atoms with van der Waals surface area (Å²) < 4.78 is 0. The van der Waals surface area contributed by atoms with Crippen molar-refractivity contribution in [1.29, 1.82) is 0 Å². The summed E-state index contributed by atoms with van der Waals surface area (Å²) in [6.45, 7) is 4.48. The third kappa shape index (κ3) is 2.82. The van der Waals surface area contributed by atoms with E-state index in [4.69, 9.17) is 0 Å². The van der Waals surface area contributed by atoms with Gasteiger partial charge in [0, 0.05) is 12.0 Å². The number of hydrogen-bond donors (Lipinski definition) is 0. The van der Waals surface area contributed by atoms with E-state index in [1.54, 1.807) is 5.56 Å². The minimum Gasteiger partial charge on any atom is -0.0652 e. The first-order valence-electron chi connectivity index (χ1n) is 6.54. The highest BCUT2D eigenvalue weighted by molar-refractivity contribution is 7.97. The van der Waals surface area contributed by atoms with Gasteiger partial charge in [-0.25, -0.2) is 0 Å². The molecule has 0 aliphatic carbocycles. The highest BCUT2D eigenvalue weighted by Crippen LogP contribution is 2.36. The van der Waals surface area contributed by atoms with Gasteiger partial charge < -0.3 is 0 Å². The predicted octanol–water partition coefficient (Wildman–Crippen LogP) is 4.25. The average Bonchev–Trinajstić information content (AvgIpc) is 2.75. The van der Waals surface area contributed by atoms with Gasteiger partial charge in [-0.05, 0) is 30.7 Å². The maximum atomic E-state index is 2.36. The first-order valence-corrected chi connectivity index (χ1v) is 8.16. The van der Waals surface area contributed by atoms with Crippen molar-refractivity contribution in [2.24, 2.45) is 0 Å². The number of rotatable bonds is 4. The summed E-state index contributed by atoms with van der Waals surface area (Å²) in [6, 6.07) is 9.26. The molecular formula is C15H23S+. The molecule has 2 atom stereocenters. The molecule has 0 amide bonds. The lowest BCUT2D eigenvalue weighted by atomic mass is 10.1. The summed E-state index contributed by atoms with van der Waals surface area (Å²) in [5.41, 5.74) is 2.98. The molecule has 16 heavy (non-hydrogen) atoms. The van der Waals surface area contributed by atoms with Gasteiger partial charge in [-0.3, -0.25) is 0 Å². The molecule has 1 heterocycles. The van der Waals surface area contributed by atoms with Crippen LogP contribution in [0.2, 0.25) is 0 Å². The Bertz CT molecular complexity index is 315. The van der Waals surface area contributed by atoms with Crippen molar-refractivity contribution in [2.45, 2.75) is 44.8 Å². The third-order valence-corrected chi connectivity index (χ3v) is 6.42. The molecule has 1 fully saturated rings. The summed E-state index contributed by atoms with van der Waals surface area (Å²) in [5.74, 6) is 2.95. The number of unbranched alkanes of at least 4 members (excludes halogenated alkanes) is 1. The molecule has 88 valence electrons. The van der Waals surface area contributed by atoms with E-state index in [0.717, 1.165) is 5.25 Å². The average molecular weight is 235 g/mol. The monoisotopic (exact) mass is 235 g/mol. The molecule has 0 bridgehead atoms. The third-order valence-electron chi connectivity index (χ3n) is 3.48. The van der Waals surface area contributed by atoms with Crippen molar-refractivity contribution in [2.75, 3.05) is 11.5 Å². The molecule has 0 N–H and O–H groups in total. The van der Waals surface area contributed by atoms with Gasteiger partial charge in [0.2, 0.25) is 0 Å². The number of aryl methyl sites for hydroxylation is 1. The molecule has 0 aromatic heterocycles. The minimum absolute atomic E-state index is 0.677. The highest BCUT2D eigenvalue weighted by atomic mass is 32.2. The predicted molar refractivity (Wildman–Crippen MR) is 75.2 cm³/mol. The zero-order valence-electron chi connectivity index (χ0n) is 10.5. The molecule has 0 saturated carbocycles. The van der Waals surface area contributed by atoms with Crippen LogP contribution >= 0.6 is 0 Å². The molecule has 0 spiro atoms. The van der Waals surface area contributed by atoms with Crippen LogP contribution in [0.3, 0.4) is 0 Å². The molecule has 1 saturated heterocycles. The molecule has 0 nitrogen and oxygen atoms in total. The van der Waals surface area contributed by atoms with E-state index in [9.17, 15) is 0 Å². The van der Waals surface area contributed by atoms with Crippen molar-refractivity contribution < 1.29 is 0 Å². The molecule has 1 aromatic carbocycles. The lowest BCUT2D eigenvalue weighted by molar-refractivity contribution is 0.825. The maximum Gasteiger partial charge on any atom is 0.143 e. The van der Waals surface area contributed by atoms with Crippen molar-refractivity contribution in [3.63, 3.8) is 0 Å². The van der Waals surface area contributed by atoms with Gasteiger partial charge in [-0.15, -0.1) is 0 Å². The zero-order valence-corrected chi connectivity index (χ0v) is 11.4. The molecule has 1 aromatic rings. The van der Waals surface area contributed by atoms with Gasteiger partial charge in [0.1, 0.15) is 16.8 Å². The van der Waals surface area contributed by atoms with E-state index >= 15 is 0 Å². The summed E-state index contributed by atoms with van der Waals surface area (Å²) in [6.07, 6.45) is 5.65. The summed E-state index contributed by atoms with van der Waals surface area (Å²) in [4.78, 5) is 0. The second kappa shape index (κ2) is 5.77. The van der Waals surface area contributed by atoms with Crippen LogP contribution in [0.5, 0.6) is 0 Å². The zero-order chi connectivity index (χ0) is 11.4. The maximum absolute atomic E-state index is 2.36. The molecule has 1 aliphatic heterocycles. The van der Waals surface area contributed by atoms with Crippen molar-refractivity contribution in [1.82, 2.24) is 0 Å². The van der Waals surface area contributed by atoms with Crippen LogP contribution in [-0.2, 0) is 10.9 Å². The van der Waals surface area contributed by atoms with Crippen LogP contribution in [-0.4, -0.2) is 11.5 Å². The second-order valence-corrected chi connectivity index (χ2v) is 7.30. The molecule has 0 radical (unpaired) electrons. The van der Waals surface area contributed by atoms with Gasteiger partial charge in [0.25, 0.3) is 0 Å².